The summed E-state index contributed by atoms with van der Waals surface area (Å²) >= 11 is 6.06. The number of fused-ring (bicyclic) bond motifs is 1. The summed E-state index contributed by atoms with van der Waals surface area (Å²) in [5.41, 5.74) is 1.05. The summed E-state index contributed by atoms with van der Waals surface area (Å²) in [4.78, 5) is 12.8. The highest BCUT2D eigenvalue weighted by molar-refractivity contribution is 6.31. The van der Waals surface area contributed by atoms with Gasteiger partial charge in [0.2, 0.25) is 6.79 Å². The van der Waals surface area contributed by atoms with Gasteiger partial charge in [-0.25, -0.2) is 0 Å². The van der Waals surface area contributed by atoms with E-state index in [1.807, 2.05) is 0 Å². The number of hydrogen-bond donors (Lipinski definition) is 0. The molecule has 1 heterocycles. The average Bonchev–Trinajstić information content (AvgIpc) is 2.98. The highest BCUT2D eigenvalue weighted by Gasteiger charge is 2.24. The number of carbonyl (C=O) groups excluding carboxylic acids is 1. The van der Waals surface area contributed by atoms with Crippen molar-refractivity contribution in [2.24, 2.45) is 0 Å². The highest BCUT2D eigenvalue weighted by atomic mass is 35.5. The lowest BCUT2D eigenvalue weighted by atomic mass is 9.95. The lowest BCUT2D eigenvalue weighted by molar-refractivity contribution is 0.100. The molecule has 23 heavy (non-hydrogen) atoms. The van der Waals surface area contributed by atoms with Crippen LogP contribution in [0.25, 0.3) is 0 Å². The molecule has 0 bridgehead atoms. The lowest BCUT2D eigenvalue weighted by Gasteiger charge is -2.27. The first kappa shape index (κ1) is 14.4. The van der Waals surface area contributed by atoms with Crippen LogP contribution in [0.3, 0.4) is 0 Å². The van der Waals surface area contributed by atoms with Crippen molar-refractivity contribution in [1.82, 2.24) is 0 Å². The number of ether oxygens (including phenoxy) is 3. The van der Waals surface area contributed by atoms with Crippen molar-refractivity contribution in [3.8, 4) is 17.2 Å². The molecule has 0 spiro atoms. The van der Waals surface area contributed by atoms with Gasteiger partial charge in [-0.3, -0.25) is 4.79 Å². The third kappa shape index (κ3) is 2.75. The van der Waals surface area contributed by atoms with Gasteiger partial charge >= 0.3 is 0 Å². The second kappa shape index (κ2) is 5.78. The molecule has 4 nitrogen and oxygen atoms in total. The highest BCUT2D eigenvalue weighted by Crippen LogP contribution is 2.35. The minimum Gasteiger partial charge on any atom is -0.490 e. The van der Waals surface area contributed by atoms with Crippen molar-refractivity contribution in [3.63, 3.8) is 0 Å². The first-order valence-corrected chi connectivity index (χ1v) is 7.99. The number of ketones is 1. The molecule has 5 heteroatoms. The lowest BCUT2D eigenvalue weighted by Crippen LogP contribution is -2.25. The Morgan fingerprint density at radius 1 is 1.09 bits per heavy atom. The maximum Gasteiger partial charge on any atom is 0.231 e. The standard InChI is InChI=1S/C18H15ClO4/c19-12-5-6-14(16(9-12)23-13-2-1-3-13)18(20)11-4-7-15-17(8-11)22-10-21-15/h4-9,13H,1-3,10H2. The Bertz CT molecular complexity index is 768. The Morgan fingerprint density at radius 2 is 1.91 bits per heavy atom. The Morgan fingerprint density at radius 3 is 2.70 bits per heavy atom. The first-order chi connectivity index (χ1) is 11.2. The van der Waals surface area contributed by atoms with Crippen molar-refractivity contribution < 1.29 is 19.0 Å². The van der Waals surface area contributed by atoms with Gasteiger partial charge in [0.05, 0.1) is 11.7 Å². The molecular formula is C18H15ClO4. The van der Waals surface area contributed by atoms with E-state index in [4.69, 9.17) is 25.8 Å². The quantitative estimate of drug-likeness (QED) is 0.787. The summed E-state index contributed by atoms with van der Waals surface area (Å²) in [5.74, 6) is 1.68. The summed E-state index contributed by atoms with van der Waals surface area (Å²) in [6.45, 7) is 0.184. The van der Waals surface area contributed by atoms with Crippen molar-refractivity contribution in [1.29, 1.82) is 0 Å². The fraction of sp³-hybridized carbons (Fsp3) is 0.278. The fourth-order valence-corrected chi connectivity index (χ4v) is 2.80. The summed E-state index contributed by atoms with van der Waals surface area (Å²) in [6.07, 6.45) is 3.38. The molecular weight excluding hydrogens is 316 g/mol. The van der Waals surface area contributed by atoms with E-state index in [1.54, 1.807) is 36.4 Å². The molecule has 118 valence electrons. The SMILES string of the molecule is O=C(c1ccc2c(c1)OCO2)c1ccc(Cl)cc1OC1CCC1. The maximum absolute atomic E-state index is 12.8. The van der Waals surface area contributed by atoms with Crippen LogP contribution in [-0.4, -0.2) is 18.7 Å². The van der Waals surface area contributed by atoms with Gasteiger partial charge in [-0.15, -0.1) is 0 Å². The fourth-order valence-electron chi connectivity index (χ4n) is 2.64. The van der Waals surface area contributed by atoms with E-state index >= 15 is 0 Å². The second-order valence-corrected chi connectivity index (χ2v) is 6.14. The predicted molar refractivity (Wildman–Crippen MR) is 85.7 cm³/mol. The van der Waals surface area contributed by atoms with Crippen LogP contribution in [0.15, 0.2) is 36.4 Å². The monoisotopic (exact) mass is 330 g/mol. The van der Waals surface area contributed by atoms with Gasteiger partial charge in [-0.2, -0.15) is 0 Å². The predicted octanol–water partition coefficient (Wildman–Crippen LogP) is 4.23. The van der Waals surface area contributed by atoms with Crippen LogP contribution in [0, 0.1) is 0 Å². The van der Waals surface area contributed by atoms with Crippen LogP contribution >= 0.6 is 11.6 Å². The number of halogens is 1. The zero-order chi connectivity index (χ0) is 15.8. The summed E-state index contributed by atoms with van der Waals surface area (Å²) < 4.78 is 16.6. The Balaban J connectivity index is 1.67. The molecule has 2 aliphatic rings. The maximum atomic E-state index is 12.8. The zero-order valence-corrected chi connectivity index (χ0v) is 13.1. The molecule has 4 rings (SSSR count). The van der Waals surface area contributed by atoms with Crippen molar-refractivity contribution in [3.05, 3.63) is 52.5 Å². The van der Waals surface area contributed by atoms with Gasteiger partial charge in [0.25, 0.3) is 0 Å². The molecule has 0 N–H and O–H groups in total. The van der Waals surface area contributed by atoms with E-state index in [0.29, 0.717) is 33.4 Å². The molecule has 0 unspecified atom stereocenters. The van der Waals surface area contributed by atoms with E-state index in [1.165, 1.54) is 0 Å². The molecule has 0 radical (unpaired) electrons. The summed E-state index contributed by atoms with van der Waals surface area (Å²) in [6, 6.07) is 10.3. The van der Waals surface area contributed by atoms with Gasteiger partial charge < -0.3 is 14.2 Å². The van der Waals surface area contributed by atoms with Gasteiger partial charge in [0.15, 0.2) is 17.3 Å². The number of rotatable bonds is 4. The third-order valence-electron chi connectivity index (χ3n) is 4.17. The first-order valence-electron chi connectivity index (χ1n) is 7.61. The normalized spacial score (nSPS) is 16.0. The minimum absolute atomic E-state index is 0.116. The molecule has 1 saturated carbocycles. The van der Waals surface area contributed by atoms with Crippen molar-refractivity contribution in [2.45, 2.75) is 25.4 Å². The Kier molecular flexibility index (Phi) is 3.62. The van der Waals surface area contributed by atoms with E-state index in [-0.39, 0.29) is 18.7 Å². The summed E-state index contributed by atoms with van der Waals surface area (Å²) in [7, 11) is 0. The van der Waals surface area contributed by atoms with Crippen LogP contribution in [0.4, 0.5) is 0 Å². The smallest absolute Gasteiger partial charge is 0.231 e. The Hall–Kier alpha value is -2.20. The van der Waals surface area contributed by atoms with Crippen molar-refractivity contribution >= 4 is 17.4 Å². The molecule has 2 aromatic rings. The van der Waals surface area contributed by atoms with Crippen LogP contribution in [0.5, 0.6) is 17.2 Å². The van der Waals surface area contributed by atoms with E-state index in [0.717, 1.165) is 19.3 Å². The second-order valence-electron chi connectivity index (χ2n) is 5.71. The average molecular weight is 331 g/mol. The van der Waals surface area contributed by atoms with E-state index in [2.05, 4.69) is 0 Å². The number of hydrogen-bond acceptors (Lipinski definition) is 4. The van der Waals surface area contributed by atoms with Crippen molar-refractivity contribution in [2.75, 3.05) is 6.79 Å². The third-order valence-corrected chi connectivity index (χ3v) is 4.40. The molecule has 1 aliphatic heterocycles. The largest absolute Gasteiger partial charge is 0.490 e. The Labute approximate surface area is 138 Å². The summed E-state index contributed by atoms with van der Waals surface area (Å²) in [5, 5.41) is 0.557. The van der Waals surface area contributed by atoms with Crippen LogP contribution in [0.2, 0.25) is 5.02 Å². The molecule has 0 saturated heterocycles. The van der Waals surface area contributed by atoms with Crippen LogP contribution in [0.1, 0.15) is 35.2 Å². The number of carbonyl (C=O) groups is 1. The number of benzene rings is 2. The molecule has 0 aromatic heterocycles. The van der Waals surface area contributed by atoms with Gasteiger partial charge in [-0.1, -0.05) is 11.6 Å². The van der Waals surface area contributed by atoms with Gasteiger partial charge in [0, 0.05) is 10.6 Å². The molecule has 2 aromatic carbocycles. The van der Waals surface area contributed by atoms with Gasteiger partial charge in [-0.05, 0) is 55.7 Å². The molecule has 0 amide bonds. The van der Waals surface area contributed by atoms with E-state index in [9.17, 15) is 4.79 Å². The van der Waals surface area contributed by atoms with E-state index < -0.39 is 0 Å². The van der Waals surface area contributed by atoms with Gasteiger partial charge in [0.1, 0.15) is 5.75 Å². The van der Waals surface area contributed by atoms with Crippen LogP contribution in [-0.2, 0) is 0 Å². The van der Waals surface area contributed by atoms with Crippen LogP contribution < -0.4 is 14.2 Å². The topological polar surface area (TPSA) is 44.8 Å². The molecule has 1 aliphatic carbocycles. The zero-order valence-electron chi connectivity index (χ0n) is 12.4. The molecule has 1 fully saturated rings. The molecule has 0 atom stereocenters. The minimum atomic E-state index is -0.116.